The van der Waals surface area contributed by atoms with Gasteiger partial charge in [0, 0.05) is 4.47 Å². The van der Waals surface area contributed by atoms with E-state index in [2.05, 4.69) is 15.9 Å². The minimum absolute atomic E-state index is 0.496. The molecule has 20 heavy (non-hydrogen) atoms. The summed E-state index contributed by atoms with van der Waals surface area (Å²) in [5, 5.41) is 9.78. The molecule has 1 atom stereocenters. The fraction of sp³-hybridized carbons (Fsp3) is 0.235. The summed E-state index contributed by atoms with van der Waals surface area (Å²) in [6.45, 7) is 1.93. The SMILES string of the molecule is CCC(Cc1ccc(Br)cc1)(C(=O)O)c1ccccc1. The summed E-state index contributed by atoms with van der Waals surface area (Å²) >= 11 is 3.40. The maximum absolute atomic E-state index is 11.9. The first-order valence-electron chi connectivity index (χ1n) is 6.62. The third kappa shape index (κ3) is 2.93. The van der Waals surface area contributed by atoms with Gasteiger partial charge in [-0.1, -0.05) is 65.3 Å². The molecular weight excluding hydrogens is 316 g/mol. The zero-order valence-corrected chi connectivity index (χ0v) is 12.9. The Morgan fingerprint density at radius 1 is 1.10 bits per heavy atom. The molecule has 2 rings (SSSR count). The minimum Gasteiger partial charge on any atom is -0.481 e. The van der Waals surface area contributed by atoms with Crippen LogP contribution < -0.4 is 0 Å². The molecule has 2 nitrogen and oxygen atoms in total. The van der Waals surface area contributed by atoms with Crippen LogP contribution in [0.4, 0.5) is 0 Å². The first-order chi connectivity index (χ1) is 9.58. The third-order valence-corrected chi connectivity index (χ3v) is 4.29. The molecule has 3 heteroatoms. The number of carboxylic acids is 1. The van der Waals surface area contributed by atoms with Crippen LogP contribution >= 0.6 is 15.9 Å². The number of aliphatic carboxylic acids is 1. The molecule has 0 saturated carbocycles. The van der Waals surface area contributed by atoms with Crippen LogP contribution in [0.15, 0.2) is 59.1 Å². The largest absolute Gasteiger partial charge is 0.481 e. The third-order valence-electron chi connectivity index (χ3n) is 3.76. The van der Waals surface area contributed by atoms with Gasteiger partial charge in [-0.25, -0.2) is 0 Å². The molecule has 0 aliphatic heterocycles. The first-order valence-corrected chi connectivity index (χ1v) is 7.41. The Morgan fingerprint density at radius 2 is 1.70 bits per heavy atom. The number of carboxylic acid groups (broad SMARTS) is 1. The summed E-state index contributed by atoms with van der Waals surface area (Å²) < 4.78 is 0.999. The molecule has 104 valence electrons. The molecule has 0 saturated heterocycles. The number of halogens is 1. The molecule has 0 bridgehead atoms. The maximum Gasteiger partial charge on any atom is 0.314 e. The highest BCUT2D eigenvalue weighted by atomic mass is 79.9. The summed E-state index contributed by atoms with van der Waals surface area (Å²) in [5.41, 5.74) is 1.02. The van der Waals surface area contributed by atoms with E-state index in [0.717, 1.165) is 15.6 Å². The van der Waals surface area contributed by atoms with E-state index in [1.165, 1.54) is 0 Å². The Bertz CT molecular complexity index is 578. The van der Waals surface area contributed by atoms with Crippen LogP contribution in [0.25, 0.3) is 0 Å². The van der Waals surface area contributed by atoms with Crippen molar-refractivity contribution in [3.8, 4) is 0 Å². The standard InChI is InChI=1S/C17H17BrO2/c1-2-17(16(19)20,14-6-4-3-5-7-14)12-13-8-10-15(18)11-9-13/h3-11H,2,12H2,1H3,(H,19,20). The van der Waals surface area contributed by atoms with Gasteiger partial charge in [0.1, 0.15) is 0 Å². The van der Waals surface area contributed by atoms with Crippen molar-refractivity contribution in [3.63, 3.8) is 0 Å². The predicted octanol–water partition coefficient (Wildman–Crippen LogP) is 4.42. The average Bonchev–Trinajstić information content (AvgIpc) is 2.47. The van der Waals surface area contributed by atoms with Crippen LogP contribution in [0.1, 0.15) is 24.5 Å². The maximum atomic E-state index is 11.9. The van der Waals surface area contributed by atoms with Gasteiger partial charge in [-0.05, 0) is 36.1 Å². The molecule has 0 amide bonds. The van der Waals surface area contributed by atoms with Crippen molar-refractivity contribution in [2.45, 2.75) is 25.2 Å². The van der Waals surface area contributed by atoms with Crippen LogP contribution in [0.5, 0.6) is 0 Å². The number of hydrogen-bond acceptors (Lipinski definition) is 1. The lowest BCUT2D eigenvalue weighted by molar-refractivity contribution is -0.144. The van der Waals surface area contributed by atoms with Crippen molar-refractivity contribution in [1.82, 2.24) is 0 Å². The van der Waals surface area contributed by atoms with Gasteiger partial charge >= 0.3 is 5.97 Å². The fourth-order valence-corrected chi connectivity index (χ4v) is 2.75. The first kappa shape index (κ1) is 14.8. The molecule has 1 unspecified atom stereocenters. The highest BCUT2D eigenvalue weighted by Gasteiger charge is 2.38. The summed E-state index contributed by atoms with van der Waals surface area (Å²) in [7, 11) is 0. The van der Waals surface area contributed by atoms with E-state index < -0.39 is 11.4 Å². The molecule has 0 fully saturated rings. The van der Waals surface area contributed by atoms with Crippen LogP contribution in [-0.4, -0.2) is 11.1 Å². The Morgan fingerprint density at radius 3 is 2.20 bits per heavy atom. The normalized spacial score (nSPS) is 13.7. The highest BCUT2D eigenvalue weighted by molar-refractivity contribution is 9.10. The summed E-state index contributed by atoms with van der Waals surface area (Å²) in [5.74, 6) is -0.769. The smallest absolute Gasteiger partial charge is 0.314 e. The molecule has 2 aromatic carbocycles. The van der Waals surface area contributed by atoms with Crippen molar-refractivity contribution in [1.29, 1.82) is 0 Å². The van der Waals surface area contributed by atoms with Gasteiger partial charge in [-0.3, -0.25) is 4.79 Å². The van der Waals surface area contributed by atoms with Crippen molar-refractivity contribution >= 4 is 21.9 Å². The highest BCUT2D eigenvalue weighted by Crippen LogP contribution is 2.32. The van der Waals surface area contributed by atoms with Crippen molar-refractivity contribution in [2.75, 3.05) is 0 Å². The van der Waals surface area contributed by atoms with E-state index in [9.17, 15) is 9.90 Å². The van der Waals surface area contributed by atoms with Gasteiger partial charge in [0.2, 0.25) is 0 Å². The monoisotopic (exact) mass is 332 g/mol. The average molecular weight is 333 g/mol. The van der Waals surface area contributed by atoms with E-state index in [0.29, 0.717) is 12.8 Å². The van der Waals surface area contributed by atoms with Crippen molar-refractivity contribution in [3.05, 3.63) is 70.2 Å². The van der Waals surface area contributed by atoms with Crippen molar-refractivity contribution < 1.29 is 9.90 Å². The molecule has 2 aromatic rings. The zero-order valence-electron chi connectivity index (χ0n) is 11.3. The minimum atomic E-state index is -0.866. The second-order valence-electron chi connectivity index (χ2n) is 4.91. The second-order valence-corrected chi connectivity index (χ2v) is 5.83. The number of benzene rings is 2. The van der Waals surface area contributed by atoms with Crippen LogP contribution in [0, 0.1) is 0 Å². The lowest BCUT2D eigenvalue weighted by Gasteiger charge is -2.29. The lowest BCUT2D eigenvalue weighted by atomic mass is 9.73. The van der Waals surface area contributed by atoms with Gasteiger partial charge in [-0.15, -0.1) is 0 Å². The van der Waals surface area contributed by atoms with Crippen LogP contribution in [-0.2, 0) is 16.6 Å². The summed E-state index contributed by atoms with van der Waals surface area (Å²) in [4.78, 5) is 11.9. The van der Waals surface area contributed by atoms with E-state index in [-0.39, 0.29) is 0 Å². The van der Waals surface area contributed by atoms with E-state index in [4.69, 9.17) is 0 Å². The van der Waals surface area contributed by atoms with Gasteiger partial charge in [0.25, 0.3) is 0 Å². The molecule has 0 heterocycles. The van der Waals surface area contributed by atoms with Crippen LogP contribution in [0.2, 0.25) is 0 Å². The summed E-state index contributed by atoms with van der Waals surface area (Å²) in [6, 6.07) is 17.3. The second kappa shape index (κ2) is 6.23. The van der Waals surface area contributed by atoms with E-state index in [1.54, 1.807) is 0 Å². The Labute approximate surface area is 127 Å². The Hall–Kier alpha value is -1.61. The van der Waals surface area contributed by atoms with E-state index in [1.807, 2.05) is 61.5 Å². The Kier molecular flexibility index (Phi) is 4.61. The molecular formula is C17H17BrO2. The van der Waals surface area contributed by atoms with Crippen molar-refractivity contribution in [2.24, 2.45) is 0 Å². The molecule has 0 radical (unpaired) electrons. The fourth-order valence-electron chi connectivity index (χ4n) is 2.49. The molecule has 0 aromatic heterocycles. The molecule has 0 aliphatic rings. The van der Waals surface area contributed by atoms with Gasteiger partial charge in [-0.2, -0.15) is 0 Å². The van der Waals surface area contributed by atoms with Gasteiger partial charge in [0.15, 0.2) is 0 Å². The zero-order chi connectivity index (χ0) is 14.6. The van der Waals surface area contributed by atoms with Gasteiger partial charge in [0.05, 0.1) is 5.41 Å². The topological polar surface area (TPSA) is 37.3 Å². The van der Waals surface area contributed by atoms with Gasteiger partial charge < -0.3 is 5.11 Å². The molecule has 0 spiro atoms. The number of carbonyl (C=O) groups is 1. The Balaban J connectivity index is 2.42. The number of hydrogen-bond donors (Lipinski definition) is 1. The lowest BCUT2D eigenvalue weighted by Crippen LogP contribution is -2.37. The quantitative estimate of drug-likeness (QED) is 0.879. The molecule has 0 aliphatic carbocycles. The number of rotatable bonds is 5. The molecule has 1 N–H and O–H groups in total. The van der Waals surface area contributed by atoms with Crippen LogP contribution in [0.3, 0.4) is 0 Å². The summed E-state index contributed by atoms with van der Waals surface area (Å²) in [6.07, 6.45) is 1.05. The predicted molar refractivity (Wildman–Crippen MR) is 83.9 cm³/mol. The van der Waals surface area contributed by atoms with E-state index >= 15 is 0 Å².